The molecule has 0 heterocycles. The minimum absolute atomic E-state index is 0. The first kappa shape index (κ1) is 17.4. The van der Waals surface area contributed by atoms with Crippen molar-refractivity contribution < 1.29 is 21.7 Å². The summed E-state index contributed by atoms with van der Waals surface area (Å²) in [7, 11) is 6.00. The molecule has 0 atom stereocenters. The zero-order valence-corrected chi connectivity index (χ0v) is 13.0. The Kier molecular flexibility index (Phi) is 8.50. The zero-order valence-electron chi connectivity index (χ0n) is 11.4. The van der Waals surface area contributed by atoms with Crippen LogP contribution in [-0.2, 0) is 21.7 Å². The Hall–Kier alpha value is 0.0243. The summed E-state index contributed by atoms with van der Waals surface area (Å²) in [5.41, 5.74) is 7.34. The Labute approximate surface area is 110 Å². The van der Waals surface area contributed by atoms with Crippen LogP contribution in [0.3, 0.4) is 0 Å². The molecule has 0 bridgehead atoms. The molecule has 1 aromatic rings. The fourth-order valence-electron chi connectivity index (χ4n) is 1.41. The van der Waals surface area contributed by atoms with Crippen LogP contribution < -0.4 is 0 Å². The van der Waals surface area contributed by atoms with Gasteiger partial charge in [0.15, 0.2) is 0 Å². The largest absolute Gasteiger partial charge is 4.00 e. The van der Waals surface area contributed by atoms with Crippen molar-refractivity contribution in [3.8, 4) is 0 Å². The Morgan fingerprint density at radius 2 is 1.00 bits per heavy atom. The number of hydrogen-bond acceptors (Lipinski definition) is 1. The van der Waals surface area contributed by atoms with Crippen LogP contribution in [0, 0.1) is 34.6 Å². The Bertz CT molecular complexity index is 215. The molecule has 1 nitrogen and oxygen atoms in total. The predicted octanol–water partition coefficient (Wildman–Crippen LogP) is 3.12. The molecule has 0 N–H and O–H groups in total. The van der Waals surface area contributed by atoms with E-state index in [9.17, 15) is 0 Å². The third kappa shape index (κ3) is 5.06. The molecule has 0 spiro atoms. The van der Waals surface area contributed by atoms with Gasteiger partial charge in [0, 0.05) is 0 Å². The van der Waals surface area contributed by atoms with Gasteiger partial charge in [0.1, 0.15) is 0 Å². The van der Waals surface area contributed by atoms with E-state index in [0.717, 1.165) is 0 Å². The van der Waals surface area contributed by atoms with Gasteiger partial charge in [0.05, 0.1) is 0 Å². The van der Waals surface area contributed by atoms with Crippen molar-refractivity contribution in [2.75, 3.05) is 21.1 Å². The maximum absolute atomic E-state index is 2.20. The van der Waals surface area contributed by atoms with Crippen molar-refractivity contribution in [3.05, 3.63) is 27.8 Å². The summed E-state index contributed by atoms with van der Waals surface area (Å²) >= 11 is 0. The third-order valence-electron chi connectivity index (χ3n) is 2.81. The van der Waals surface area contributed by atoms with E-state index in [2.05, 4.69) is 34.6 Å². The molecule has 0 unspecified atom stereocenters. The van der Waals surface area contributed by atoms with Gasteiger partial charge in [-0.25, -0.2) is 0 Å². The minimum atomic E-state index is 0. The summed E-state index contributed by atoms with van der Waals surface area (Å²) in [6, 6.07) is 0. The van der Waals surface area contributed by atoms with Crippen molar-refractivity contribution in [3.63, 3.8) is 0 Å². The molecule has 0 radical (unpaired) electrons. The van der Waals surface area contributed by atoms with Crippen molar-refractivity contribution in [1.29, 1.82) is 0 Å². The normalized spacial score (nSPS) is 9.40. The van der Waals surface area contributed by atoms with Crippen LogP contribution in [0.4, 0.5) is 0 Å². The zero-order chi connectivity index (χ0) is 11.5. The van der Waals surface area contributed by atoms with Crippen LogP contribution in [0.1, 0.15) is 27.8 Å². The molecule has 0 aliphatic carbocycles. The standard InChI is InChI=1S/C10H15.C3H9N.Ti/c1-6-7(2)9(4)10(5)8(6)3;1-4(2)3;/h1-5H3;1-3H3;/q-1;;+4. The average Bonchev–Trinajstić information content (AvgIpc) is 2.23. The van der Waals surface area contributed by atoms with Crippen LogP contribution in [0.2, 0.25) is 0 Å². The molecule has 82 valence electrons. The van der Waals surface area contributed by atoms with E-state index >= 15 is 0 Å². The molecular weight excluding hydrogens is 218 g/mol. The van der Waals surface area contributed by atoms with Gasteiger partial charge in [-0.2, -0.15) is 27.8 Å². The van der Waals surface area contributed by atoms with Crippen molar-refractivity contribution >= 4 is 0 Å². The monoisotopic (exact) mass is 242 g/mol. The van der Waals surface area contributed by atoms with E-state index in [0.29, 0.717) is 0 Å². The number of rotatable bonds is 0. The van der Waals surface area contributed by atoms with Gasteiger partial charge in [0.2, 0.25) is 0 Å². The summed E-state index contributed by atoms with van der Waals surface area (Å²) in [6.45, 7) is 11.0. The van der Waals surface area contributed by atoms with Gasteiger partial charge in [-0.15, -0.1) is 0 Å². The molecule has 1 rings (SSSR count). The van der Waals surface area contributed by atoms with Crippen molar-refractivity contribution in [2.24, 2.45) is 0 Å². The first-order valence-electron chi connectivity index (χ1n) is 5.09. The third-order valence-corrected chi connectivity index (χ3v) is 2.81. The molecule has 0 saturated carbocycles. The summed E-state index contributed by atoms with van der Waals surface area (Å²) < 4.78 is 0. The Balaban J connectivity index is 0. The molecule has 0 aromatic heterocycles. The summed E-state index contributed by atoms with van der Waals surface area (Å²) in [4.78, 5) is 2.00. The Morgan fingerprint density at radius 3 is 1.07 bits per heavy atom. The fourth-order valence-corrected chi connectivity index (χ4v) is 1.41. The number of hydrogen-bond donors (Lipinski definition) is 0. The van der Waals surface area contributed by atoms with Crippen LogP contribution in [-0.4, -0.2) is 26.0 Å². The smallest absolute Gasteiger partial charge is 0.312 e. The van der Waals surface area contributed by atoms with E-state index < -0.39 is 0 Å². The first-order valence-corrected chi connectivity index (χ1v) is 5.09. The first-order chi connectivity index (χ1) is 6.29. The van der Waals surface area contributed by atoms with Crippen LogP contribution in [0.25, 0.3) is 0 Å². The topological polar surface area (TPSA) is 3.24 Å². The maximum atomic E-state index is 2.20. The van der Waals surface area contributed by atoms with Gasteiger partial charge >= 0.3 is 21.7 Å². The summed E-state index contributed by atoms with van der Waals surface area (Å²) in [5, 5.41) is 0. The second-order valence-electron chi connectivity index (χ2n) is 4.47. The molecule has 2 heteroatoms. The average molecular weight is 242 g/mol. The van der Waals surface area contributed by atoms with E-state index in [4.69, 9.17) is 0 Å². The van der Waals surface area contributed by atoms with Gasteiger partial charge in [-0.05, 0) is 21.1 Å². The Morgan fingerprint density at radius 1 is 0.800 bits per heavy atom. The van der Waals surface area contributed by atoms with Crippen molar-refractivity contribution in [2.45, 2.75) is 34.6 Å². The van der Waals surface area contributed by atoms with E-state index in [1.165, 1.54) is 27.8 Å². The SMILES string of the molecule is CN(C)C.Cc1c(C)c(C)[c-](C)c1C.[Ti+4]. The van der Waals surface area contributed by atoms with Gasteiger partial charge < -0.3 is 4.90 Å². The molecule has 0 amide bonds. The molecule has 0 fully saturated rings. The maximum Gasteiger partial charge on any atom is 4.00 e. The van der Waals surface area contributed by atoms with E-state index in [1.54, 1.807) is 0 Å². The predicted molar refractivity (Wildman–Crippen MR) is 65.3 cm³/mol. The van der Waals surface area contributed by atoms with E-state index in [-0.39, 0.29) is 21.7 Å². The summed E-state index contributed by atoms with van der Waals surface area (Å²) in [6.07, 6.45) is 0. The van der Waals surface area contributed by atoms with E-state index in [1.807, 2.05) is 26.0 Å². The fraction of sp³-hybridized carbons (Fsp3) is 0.615. The summed E-state index contributed by atoms with van der Waals surface area (Å²) in [5.74, 6) is 0. The van der Waals surface area contributed by atoms with Gasteiger partial charge in [0.25, 0.3) is 0 Å². The second-order valence-corrected chi connectivity index (χ2v) is 4.47. The second kappa shape index (κ2) is 7.32. The van der Waals surface area contributed by atoms with Crippen molar-refractivity contribution in [1.82, 2.24) is 4.90 Å². The van der Waals surface area contributed by atoms with Gasteiger partial charge in [-0.1, -0.05) is 34.6 Å². The number of nitrogens with zero attached hydrogens (tertiary/aromatic N) is 1. The minimum Gasteiger partial charge on any atom is -0.312 e. The van der Waals surface area contributed by atoms with Gasteiger partial charge in [-0.3, -0.25) is 0 Å². The molecule has 0 aliphatic rings. The molecule has 0 saturated heterocycles. The molecule has 0 aliphatic heterocycles. The van der Waals surface area contributed by atoms with Crippen LogP contribution >= 0.6 is 0 Å². The van der Waals surface area contributed by atoms with Crippen LogP contribution in [0.15, 0.2) is 0 Å². The van der Waals surface area contributed by atoms with Crippen LogP contribution in [0.5, 0.6) is 0 Å². The molecule has 15 heavy (non-hydrogen) atoms. The quantitative estimate of drug-likeness (QED) is 0.499. The molecule has 1 aromatic carbocycles. The molecular formula is C13H24NTi+3.